The monoisotopic (exact) mass is 293 g/mol. The van der Waals surface area contributed by atoms with E-state index in [1.54, 1.807) is 17.7 Å². The van der Waals surface area contributed by atoms with Crippen LogP contribution >= 0.6 is 11.3 Å². The zero-order valence-electron chi connectivity index (χ0n) is 12.0. The van der Waals surface area contributed by atoms with Gasteiger partial charge in [-0.2, -0.15) is 0 Å². The fourth-order valence-corrected chi connectivity index (χ4v) is 3.26. The minimum Gasteiger partial charge on any atom is -0.481 e. The van der Waals surface area contributed by atoms with Gasteiger partial charge in [0.25, 0.3) is 0 Å². The van der Waals surface area contributed by atoms with Crippen LogP contribution in [0.4, 0.5) is 5.82 Å². The minimum absolute atomic E-state index is 0.0967. The third-order valence-corrected chi connectivity index (χ3v) is 4.51. The summed E-state index contributed by atoms with van der Waals surface area (Å²) in [4.78, 5) is 23.9. The van der Waals surface area contributed by atoms with E-state index in [0.29, 0.717) is 0 Å². The van der Waals surface area contributed by atoms with Crippen molar-refractivity contribution in [1.29, 1.82) is 0 Å². The zero-order valence-corrected chi connectivity index (χ0v) is 12.8. The van der Waals surface area contributed by atoms with Crippen LogP contribution in [0.15, 0.2) is 12.4 Å². The molecule has 1 N–H and O–H groups in total. The van der Waals surface area contributed by atoms with Crippen LogP contribution < -0.4 is 4.90 Å². The molecule has 0 bridgehead atoms. The number of anilines is 1. The molecule has 5 nitrogen and oxygen atoms in total. The molecule has 0 radical (unpaired) electrons. The highest BCUT2D eigenvalue weighted by Crippen LogP contribution is 2.31. The van der Waals surface area contributed by atoms with Gasteiger partial charge in [-0.25, -0.2) is 9.97 Å². The van der Waals surface area contributed by atoms with E-state index in [9.17, 15) is 4.79 Å². The molecule has 1 unspecified atom stereocenters. The van der Waals surface area contributed by atoms with Gasteiger partial charge in [-0.05, 0) is 26.3 Å². The van der Waals surface area contributed by atoms with Crippen LogP contribution in [0.2, 0.25) is 0 Å². The van der Waals surface area contributed by atoms with Crippen molar-refractivity contribution in [3.63, 3.8) is 0 Å². The number of fused-ring (bicyclic) bond motifs is 1. The van der Waals surface area contributed by atoms with Crippen molar-refractivity contribution in [3.05, 3.63) is 17.3 Å². The molecule has 0 fully saturated rings. The summed E-state index contributed by atoms with van der Waals surface area (Å²) in [5.41, 5.74) is 0. The maximum Gasteiger partial charge on any atom is 0.305 e. The Morgan fingerprint density at radius 3 is 2.80 bits per heavy atom. The maximum atomic E-state index is 10.9. The summed E-state index contributed by atoms with van der Waals surface area (Å²) >= 11 is 1.67. The number of hydrogen-bond acceptors (Lipinski definition) is 5. The fourth-order valence-electron chi connectivity index (χ4n) is 2.33. The van der Waals surface area contributed by atoms with E-state index in [4.69, 9.17) is 5.11 Å². The lowest BCUT2D eigenvalue weighted by Crippen LogP contribution is -2.35. The number of aliphatic carboxylic acids is 1. The Morgan fingerprint density at radius 2 is 2.20 bits per heavy atom. The Labute approximate surface area is 122 Å². The Morgan fingerprint density at radius 1 is 1.45 bits per heavy atom. The first-order valence-corrected chi connectivity index (χ1v) is 7.60. The molecule has 108 valence electrons. The Bertz CT molecular complexity index is 611. The van der Waals surface area contributed by atoms with Crippen molar-refractivity contribution in [3.8, 4) is 0 Å². The second-order valence-electron chi connectivity index (χ2n) is 4.72. The lowest BCUT2D eigenvalue weighted by atomic mass is 10.2. The molecular weight excluding hydrogens is 274 g/mol. The highest BCUT2D eigenvalue weighted by molar-refractivity contribution is 7.18. The van der Waals surface area contributed by atoms with Crippen molar-refractivity contribution in [2.45, 2.75) is 39.7 Å². The van der Waals surface area contributed by atoms with E-state index in [1.165, 1.54) is 4.88 Å². The molecule has 0 aliphatic rings. The largest absolute Gasteiger partial charge is 0.481 e. The number of aryl methyl sites for hydroxylation is 1. The minimum atomic E-state index is -0.791. The van der Waals surface area contributed by atoms with Crippen molar-refractivity contribution < 1.29 is 9.90 Å². The topological polar surface area (TPSA) is 66.3 Å². The zero-order chi connectivity index (χ0) is 14.7. The maximum absolute atomic E-state index is 10.9. The molecule has 0 amide bonds. The Balaban J connectivity index is 2.43. The quantitative estimate of drug-likeness (QED) is 0.887. The van der Waals surface area contributed by atoms with Gasteiger partial charge in [0.15, 0.2) is 0 Å². The highest BCUT2D eigenvalue weighted by Gasteiger charge is 2.20. The van der Waals surface area contributed by atoms with Gasteiger partial charge in [0.1, 0.15) is 17.0 Å². The van der Waals surface area contributed by atoms with Crippen LogP contribution in [-0.2, 0) is 11.2 Å². The van der Waals surface area contributed by atoms with E-state index in [1.807, 2.05) is 18.7 Å². The van der Waals surface area contributed by atoms with Gasteiger partial charge in [-0.1, -0.05) is 6.92 Å². The molecule has 0 aromatic carbocycles. The van der Waals surface area contributed by atoms with Crippen LogP contribution in [0.5, 0.6) is 0 Å². The number of carboxylic acids is 1. The predicted molar refractivity (Wildman–Crippen MR) is 81.5 cm³/mol. The number of carboxylic acid groups (broad SMARTS) is 1. The Kier molecular flexibility index (Phi) is 4.54. The van der Waals surface area contributed by atoms with Crippen LogP contribution in [0.3, 0.4) is 0 Å². The van der Waals surface area contributed by atoms with Crippen molar-refractivity contribution in [2.24, 2.45) is 0 Å². The van der Waals surface area contributed by atoms with E-state index >= 15 is 0 Å². The fraction of sp³-hybridized carbons (Fsp3) is 0.500. The summed E-state index contributed by atoms with van der Waals surface area (Å²) in [7, 11) is 0. The SMILES string of the molecule is CCc1cc2c(N(CC)C(C)CC(=O)O)ncnc2s1. The lowest BCUT2D eigenvalue weighted by molar-refractivity contribution is -0.137. The lowest BCUT2D eigenvalue weighted by Gasteiger charge is -2.28. The number of hydrogen-bond donors (Lipinski definition) is 1. The van der Waals surface area contributed by atoms with E-state index < -0.39 is 5.97 Å². The summed E-state index contributed by atoms with van der Waals surface area (Å²) in [5.74, 6) is 0.0445. The van der Waals surface area contributed by atoms with Crippen molar-refractivity contribution >= 4 is 33.3 Å². The predicted octanol–water partition coefficient (Wildman–Crippen LogP) is 2.94. The summed E-state index contributed by atoms with van der Waals surface area (Å²) < 4.78 is 0. The molecular formula is C14H19N3O2S. The summed E-state index contributed by atoms with van der Waals surface area (Å²) in [6.45, 7) is 6.76. The van der Waals surface area contributed by atoms with Crippen LogP contribution in [0, 0.1) is 0 Å². The molecule has 2 rings (SSSR count). The van der Waals surface area contributed by atoms with Gasteiger partial charge >= 0.3 is 5.97 Å². The first-order chi connectivity index (χ1) is 9.56. The third-order valence-electron chi connectivity index (χ3n) is 3.32. The molecule has 6 heteroatoms. The molecule has 2 aromatic rings. The third kappa shape index (κ3) is 2.90. The number of aromatic nitrogens is 2. The Hall–Kier alpha value is -1.69. The molecule has 0 spiro atoms. The number of carbonyl (C=O) groups is 1. The molecule has 0 saturated heterocycles. The van der Waals surface area contributed by atoms with E-state index in [2.05, 4.69) is 23.0 Å². The van der Waals surface area contributed by atoms with Gasteiger partial charge in [-0.15, -0.1) is 11.3 Å². The standard InChI is InChI=1S/C14H19N3O2S/c1-4-10-7-11-13(15-8-16-14(11)20-10)17(5-2)9(3)6-12(18)19/h7-9H,4-6H2,1-3H3,(H,18,19). The normalized spacial score (nSPS) is 12.6. The second-order valence-corrected chi connectivity index (χ2v) is 5.83. The average molecular weight is 293 g/mol. The molecule has 20 heavy (non-hydrogen) atoms. The van der Waals surface area contributed by atoms with Gasteiger partial charge < -0.3 is 10.0 Å². The van der Waals surface area contributed by atoms with E-state index in [-0.39, 0.29) is 12.5 Å². The molecule has 1 atom stereocenters. The van der Waals surface area contributed by atoms with Gasteiger partial charge in [0.2, 0.25) is 0 Å². The van der Waals surface area contributed by atoms with Gasteiger partial charge in [0, 0.05) is 17.5 Å². The van der Waals surface area contributed by atoms with Crippen molar-refractivity contribution in [2.75, 3.05) is 11.4 Å². The van der Waals surface area contributed by atoms with E-state index in [0.717, 1.165) is 29.0 Å². The summed E-state index contributed by atoms with van der Waals surface area (Å²) in [5, 5.41) is 9.99. The first-order valence-electron chi connectivity index (χ1n) is 6.78. The van der Waals surface area contributed by atoms with Crippen molar-refractivity contribution in [1.82, 2.24) is 9.97 Å². The van der Waals surface area contributed by atoms with Gasteiger partial charge in [0.05, 0.1) is 11.8 Å². The average Bonchev–Trinajstić information content (AvgIpc) is 2.82. The van der Waals surface area contributed by atoms with Crippen LogP contribution in [0.1, 0.15) is 32.1 Å². The molecule has 0 saturated carbocycles. The first kappa shape index (κ1) is 14.7. The highest BCUT2D eigenvalue weighted by atomic mass is 32.1. The summed E-state index contributed by atoms with van der Waals surface area (Å²) in [6.07, 6.45) is 2.63. The second kappa shape index (κ2) is 6.17. The molecule has 2 aromatic heterocycles. The van der Waals surface area contributed by atoms with Crippen LogP contribution in [-0.4, -0.2) is 33.6 Å². The number of nitrogens with zero attached hydrogens (tertiary/aromatic N) is 3. The molecule has 0 aliphatic carbocycles. The number of thiophene rings is 1. The van der Waals surface area contributed by atoms with Gasteiger partial charge in [-0.3, -0.25) is 4.79 Å². The van der Waals surface area contributed by atoms with Crippen LogP contribution in [0.25, 0.3) is 10.2 Å². The summed E-state index contributed by atoms with van der Waals surface area (Å²) in [6, 6.07) is 2.02. The smallest absolute Gasteiger partial charge is 0.305 e. The molecule has 2 heterocycles. The molecule has 0 aliphatic heterocycles. The number of rotatable bonds is 6.